The number of nitrogens with one attached hydrogen (secondary N) is 1. The minimum absolute atomic E-state index is 0.297. The van der Waals surface area contributed by atoms with Crippen molar-refractivity contribution in [2.45, 2.75) is 13.3 Å². The van der Waals surface area contributed by atoms with Crippen molar-refractivity contribution in [3.8, 4) is 16.3 Å². The first kappa shape index (κ1) is 18.7. The maximum absolute atomic E-state index is 12.4. The SMILES string of the molecule is CCCOc1ccc(-c2nc(C(=O)Nc3cccc(Cl)c3)cs2)c(Cl)c1. The van der Waals surface area contributed by atoms with Gasteiger partial charge in [0.15, 0.2) is 0 Å². The molecule has 134 valence electrons. The van der Waals surface area contributed by atoms with Crippen molar-refractivity contribution in [1.29, 1.82) is 0 Å². The van der Waals surface area contributed by atoms with Crippen LogP contribution in [-0.4, -0.2) is 17.5 Å². The molecule has 0 spiro atoms. The van der Waals surface area contributed by atoms with Gasteiger partial charge in [-0.05, 0) is 42.8 Å². The molecule has 0 aliphatic rings. The van der Waals surface area contributed by atoms with Crippen LogP contribution in [0.2, 0.25) is 10.0 Å². The van der Waals surface area contributed by atoms with E-state index in [9.17, 15) is 4.79 Å². The number of anilines is 1. The maximum atomic E-state index is 12.4. The second-order valence-corrected chi connectivity index (χ2v) is 7.19. The number of halogens is 2. The molecule has 1 aromatic heterocycles. The molecule has 0 saturated carbocycles. The summed E-state index contributed by atoms with van der Waals surface area (Å²) >= 11 is 13.6. The van der Waals surface area contributed by atoms with Gasteiger partial charge in [-0.15, -0.1) is 11.3 Å². The van der Waals surface area contributed by atoms with E-state index in [4.69, 9.17) is 27.9 Å². The van der Waals surface area contributed by atoms with Crippen molar-refractivity contribution < 1.29 is 9.53 Å². The number of aromatic nitrogens is 1. The molecule has 3 rings (SSSR count). The standard InChI is InChI=1S/C19H16Cl2N2O2S/c1-2-8-25-14-6-7-15(16(21)10-14)19-23-17(11-26-19)18(24)22-13-5-3-4-12(20)9-13/h3-7,9-11H,2,8H2,1H3,(H,22,24). The molecule has 7 heteroatoms. The summed E-state index contributed by atoms with van der Waals surface area (Å²) in [6.07, 6.45) is 0.928. The van der Waals surface area contributed by atoms with Gasteiger partial charge in [-0.2, -0.15) is 0 Å². The third-order valence-corrected chi connectivity index (χ3v) is 4.89. The Kier molecular flexibility index (Phi) is 6.14. The molecule has 1 N–H and O–H groups in total. The Morgan fingerprint density at radius 1 is 1.23 bits per heavy atom. The lowest BCUT2D eigenvalue weighted by Crippen LogP contribution is -2.12. The number of carbonyl (C=O) groups is 1. The molecule has 0 unspecified atom stereocenters. The fourth-order valence-electron chi connectivity index (χ4n) is 2.24. The van der Waals surface area contributed by atoms with Crippen molar-refractivity contribution >= 4 is 46.1 Å². The van der Waals surface area contributed by atoms with Gasteiger partial charge in [0.1, 0.15) is 16.5 Å². The number of carbonyl (C=O) groups excluding carboxylic acids is 1. The summed E-state index contributed by atoms with van der Waals surface area (Å²) in [4.78, 5) is 16.8. The van der Waals surface area contributed by atoms with E-state index in [0.29, 0.717) is 33.0 Å². The second kappa shape index (κ2) is 8.54. The predicted molar refractivity (Wildman–Crippen MR) is 108 cm³/mol. The Morgan fingerprint density at radius 3 is 2.81 bits per heavy atom. The van der Waals surface area contributed by atoms with Gasteiger partial charge in [0.05, 0.1) is 11.6 Å². The molecule has 0 aliphatic carbocycles. The fourth-order valence-corrected chi connectivity index (χ4v) is 3.59. The van der Waals surface area contributed by atoms with Crippen molar-refractivity contribution in [2.75, 3.05) is 11.9 Å². The van der Waals surface area contributed by atoms with E-state index >= 15 is 0 Å². The molecule has 26 heavy (non-hydrogen) atoms. The Labute approximate surface area is 165 Å². The van der Waals surface area contributed by atoms with E-state index in [1.54, 1.807) is 35.7 Å². The van der Waals surface area contributed by atoms with E-state index < -0.39 is 0 Å². The highest BCUT2D eigenvalue weighted by Crippen LogP contribution is 2.33. The van der Waals surface area contributed by atoms with Crippen LogP contribution < -0.4 is 10.1 Å². The highest BCUT2D eigenvalue weighted by Gasteiger charge is 2.14. The first-order valence-electron chi connectivity index (χ1n) is 8.02. The lowest BCUT2D eigenvalue weighted by molar-refractivity contribution is 0.102. The van der Waals surface area contributed by atoms with E-state index in [0.717, 1.165) is 17.7 Å². The summed E-state index contributed by atoms with van der Waals surface area (Å²) in [5.41, 5.74) is 1.71. The summed E-state index contributed by atoms with van der Waals surface area (Å²) in [5, 5.41) is 6.25. The van der Waals surface area contributed by atoms with E-state index in [1.165, 1.54) is 11.3 Å². The molecule has 3 aromatic rings. The van der Waals surface area contributed by atoms with Crippen LogP contribution in [0, 0.1) is 0 Å². The van der Waals surface area contributed by atoms with Gasteiger partial charge in [-0.1, -0.05) is 36.2 Å². The molecule has 0 aliphatic heterocycles. The molecule has 0 bridgehead atoms. The highest BCUT2D eigenvalue weighted by atomic mass is 35.5. The minimum atomic E-state index is -0.297. The number of benzene rings is 2. The monoisotopic (exact) mass is 406 g/mol. The van der Waals surface area contributed by atoms with Crippen LogP contribution in [-0.2, 0) is 0 Å². The lowest BCUT2D eigenvalue weighted by Gasteiger charge is -2.07. The number of rotatable bonds is 6. The zero-order valence-electron chi connectivity index (χ0n) is 14.0. The Morgan fingerprint density at radius 2 is 2.08 bits per heavy atom. The quantitative estimate of drug-likeness (QED) is 0.533. The number of ether oxygens (including phenoxy) is 1. The zero-order chi connectivity index (χ0) is 18.5. The molecule has 0 atom stereocenters. The van der Waals surface area contributed by atoms with Crippen molar-refractivity contribution in [2.24, 2.45) is 0 Å². The first-order valence-corrected chi connectivity index (χ1v) is 9.65. The van der Waals surface area contributed by atoms with Crippen molar-refractivity contribution in [3.63, 3.8) is 0 Å². The third-order valence-electron chi connectivity index (χ3n) is 3.46. The fraction of sp³-hybridized carbons (Fsp3) is 0.158. The summed E-state index contributed by atoms with van der Waals surface area (Å²) in [6.45, 7) is 2.68. The van der Waals surface area contributed by atoms with Gasteiger partial charge in [-0.25, -0.2) is 4.98 Å². The molecule has 0 radical (unpaired) electrons. The van der Waals surface area contributed by atoms with Gasteiger partial charge in [0.2, 0.25) is 0 Å². The first-order chi connectivity index (χ1) is 12.6. The van der Waals surface area contributed by atoms with Crippen LogP contribution in [0.4, 0.5) is 5.69 Å². The molecule has 1 amide bonds. The Hall–Kier alpha value is -2.08. The van der Waals surface area contributed by atoms with Crippen molar-refractivity contribution in [1.82, 2.24) is 4.98 Å². The van der Waals surface area contributed by atoms with Crippen LogP contribution in [0.5, 0.6) is 5.75 Å². The summed E-state index contributed by atoms with van der Waals surface area (Å²) in [6, 6.07) is 12.4. The molecule has 2 aromatic carbocycles. The van der Waals surface area contributed by atoms with Crippen LogP contribution in [0.25, 0.3) is 10.6 Å². The molecule has 0 fully saturated rings. The summed E-state index contributed by atoms with van der Waals surface area (Å²) in [7, 11) is 0. The second-order valence-electron chi connectivity index (χ2n) is 5.49. The number of amides is 1. The number of hydrogen-bond donors (Lipinski definition) is 1. The van der Waals surface area contributed by atoms with Crippen LogP contribution >= 0.6 is 34.5 Å². The van der Waals surface area contributed by atoms with Gasteiger partial charge >= 0.3 is 0 Å². The Bertz CT molecular complexity index is 927. The van der Waals surface area contributed by atoms with Crippen LogP contribution in [0.1, 0.15) is 23.8 Å². The topological polar surface area (TPSA) is 51.2 Å². The molecule has 4 nitrogen and oxygen atoms in total. The van der Waals surface area contributed by atoms with E-state index in [1.807, 2.05) is 19.1 Å². The van der Waals surface area contributed by atoms with Gasteiger partial charge in [0, 0.05) is 21.7 Å². The van der Waals surface area contributed by atoms with Crippen molar-refractivity contribution in [3.05, 3.63) is 63.6 Å². The van der Waals surface area contributed by atoms with E-state index in [2.05, 4.69) is 10.3 Å². The van der Waals surface area contributed by atoms with Crippen LogP contribution in [0.3, 0.4) is 0 Å². The summed E-state index contributed by atoms with van der Waals surface area (Å²) < 4.78 is 5.57. The average molecular weight is 407 g/mol. The minimum Gasteiger partial charge on any atom is -0.494 e. The zero-order valence-corrected chi connectivity index (χ0v) is 16.3. The number of nitrogens with zero attached hydrogens (tertiary/aromatic N) is 1. The molecular weight excluding hydrogens is 391 g/mol. The smallest absolute Gasteiger partial charge is 0.275 e. The average Bonchev–Trinajstić information content (AvgIpc) is 3.10. The molecule has 0 saturated heterocycles. The van der Waals surface area contributed by atoms with Gasteiger partial charge < -0.3 is 10.1 Å². The normalized spacial score (nSPS) is 10.6. The molecule has 1 heterocycles. The largest absolute Gasteiger partial charge is 0.494 e. The van der Waals surface area contributed by atoms with E-state index in [-0.39, 0.29) is 5.91 Å². The summed E-state index contributed by atoms with van der Waals surface area (Å²) in [5.74, 6) is 0.421. The van der Waals surface area contributed by atoms with Gasteiger partial charge in [-0.3, -0.25) is 4.79 Å². The Balaban J connectivity index is 1.76. The lowest BCUT2D eigenvalue weighted by atomic mass is 10.2. The predicted octanol–water partition coefficient (Wildman–Crippen LogP) is 6.16. The van der Waals surface area contributed by atoms with Crippen LogP contribution in [0.15, 0.2) is 47.8 Å². The van der Waals surface area contributed by atoms with Gasteiger partial charge in [0.25, 0.3) is 5.91 Å². The third kappa shape index (κ3) is 4.55. The maximum Gasteiger partial charge on any atom is 0.275 e. The molecular formula is C19H16Cl2N2O2S. The number of hydrogen-bond acceptors (Lipinski definition) is 4. The number of thiazole rings is 1. The highest BCUT2D eigenvalue weighted by molar-refractivity contribution is 7.13.